The lowest BCUT2D eigenvalue weighted by Crippen LogP contribution is -2.11. The Labute approximate surface area is 108 Å². The maximum Gasteiger partial charge on any atom is 0.0700 e. The number of anilines is 1. The topological polar surface area (TPSA) is 15.6 Å². The summed E-state index contributed by atoms with van der Waals surface area (Å²) in [6.07, 6.45) is 12.8. The lowest BCUT2D eigenvalue weighted by Gasteiger charge is -2.12. The van der Waals surface area contributed by atoms with Crippen LogP contribution in [-0.4, -0.2) is 12.3 Å². The Morgan fingerprint density at radius 3 is 2.83 bits per heavy atom. The highest BCUT2D eigenvalue weighted by Crippen LogP contribution is 2.22. The zero-order valence-electron chi connectivity index (χ0n) is 10.3. The van der Waals surface area contributed by atoms with Crippen LogP contribution >= 0.6 is 0 Å². The number of nitrogens with zero attached hydrogens (tertiary/aromatic N) is 2. The predicted molar refractivity (Wildman–Crippen MR) is 76.8 cm³/mol. The maximum absolute atomic E-state index is 4.72. The summed E-state index contributed by atoms with van der Waals surface area (Å²) in [7, 11) is 0. The van der Waals surface area contributed by atoms with Gasteiger partial charge in [0.15, 0.2) is 0 Å². The standard InChI is InChI=1S/C16H16N2/c1-2-5-9-14(8-4-1)16-12-13-18(17-16)15-10-6-3-7-11-15/h1,3-11H,2,12-13H2. The normalized spacial score (nSPS) is 18.6. The third-order valence-electron chi connectivity index (χ3n) is 3.17. The van der Waals surface area contributed by atoms with Crippen LogP contribution < -0.4 is 5.01 Å². The van der Waals surface area contributed by atoms with Gasteiger partial charge in [-0.25, -0.2) is 0 Å². The molecule has 2 heteroatoms. The Hall–Kier alpha value is -2.09. The van der Waals surface area contributed by atoms with Gasteiger partial charge < -0.3 is 0 Å². The molecule has 1 aromatic carbocycles. The SMILES string of the molecule is C1=CCC=CC(C2=NN(c3ccccc3)CC2)=C1. The van der Waals surface area contributed by atoms with Crippen molar-refractivity contribution in [2.24, 2.45) is 5.10 Å². The van der Waals surface area contributed by atoms with E-state index in [1.807, 2.05) is 6.07 Å². The average Bonchev–Trinajstić information content (AvgIpc) is 2.76. The van der Waals surface area contributed by atoms with Crippen LogP contribution in [0.3, 0.4) is 0 Å². The Balaban J connectivity index is 1.84. The summed E-state index contributed by atoms with van der Waals surface area (Å²) in [6.45, 7) is 0.967. The molecular weight excluding hydrogens is 220 g/mol. The molecule has 0 saturated carbocycles. The minimum absolute atomic E-state index is 0.967. The van der Waals surface area contributed by atoms with Gasteiger partial charge in [0.1, 0.15) is 0 Å². The van der Waals surface area contributed by atoms with Crippen LogP contribution in [-0.2, 0) is 0 Å². The highest BCUT2D eigenvalue weighted by atomic mass is 15.5. The third-order valence-corrected chi connectivity index (χ3v) is 3.17. The van der Waals surface area contributed by atoms with E-state index in [1.165, 1.54) is 17.0 Å². The van der Waals surface area contributed by atoms with Gasteiger partial charge in [0.2, 0.25) is 0 Å². The van der Waals surface area contributed by atoms with Crippen LogP contribution in [0, 0.1) is 0 Å². The minimum atomic E-state index is 0.967. The molecule has 3 rings (SSSR count). The molecule has 1 aromatic rings. The molecule has 2 aliphatic rings. The fourth-order valence-electron chi connectivity index (χ4n) is 2.22. The molecule has 90 valence electrons. The van der Waals surface area contributed by atoms with Crippen molar-refractivity contribution in [3.05, 3.63) is 66.3 Å². The molecule has 0 unspecified atom stereocenters. The van der Waals surface area contributed by atoms with Crippen molar-refractivity contribution in [2.45, 2.75) is 12.8 Å². The van der Waals surface area contributed by atoms with Gasteiger partial charge in [-0.2, -0.15) is 5.10 Å². The highest BCUT2D eigenvalue weighted by molar-refractivity contribution is 6.04. The van der Waals surface area contributed by atoms with E-state index in [1.54, 1.807) is 0 Å². The molecular formula is C16H16N2. The van der Waals surface area contributed by atoms with E-state index < -0.39 is 0 Å². The Morgan fingerprint density at radius 2 is 1.94 bits per heavy atom. The lowest BCUT2D eigenvalue weighted by atomic mass is 10.1. The Morgan fingerprint density at radius 1 is 1.06 bits per heavy atom. The summed E-state index contributed by atoms with van der Waals surface area (Å²) in [4.78, 5) is 0. The number of rotatable bonds is 2. The summed E-state index contributed by atoms with van der Waals surface area (Å²) in [5.74, 6) is 0. The molecule has 0 fully saturated rings. The van der Waals surface area contributed by atoms with Crippen molar-refractivity contribution in [3.8, 4) is 0 Å². The molecule has 0 spiro atoms. The van der Waals surface area contributed by atoms with E-state index >= 15 is 0 Å². The van der Waals surface area contributed by atoms with E-state index in [9.17, 15) is 0 Å². The zero-order chi connectivity index (χ0) is 12.2. The molecule has 0 amide bonds. The van der Waals surface area contributed by atoms with Crippen LogP contribution in [0.25, 0.3) is 0 Å². The summed E-state index contributed by atoms with van der Waals surface area (Å²) in [5.41, 5.74) is 3.59. The van der Waals surface area contributed by atoms with Crippen molar-refractivity contribution in [3.63, 3.8) is 0 Å². The van der Waals surface area contributed by atoms with E-state index in [0.717, 1.165) is 19.4 Å². The first-order chi connectivity index (χ1) is 8.93. The first kappa shape index (κ1) is 11.0. The summed E-state index contributed by atoms with van der Waals surface area (Å²) in [5, 5.41) is 6.80. The maximum atomic E-state index is 4.72. The van der Waals surface area contributed by atoms with Gasteiger partial charge in [0, 0.05) is 13.0 Å². The average molecular weight is 236 g/mol. The van der Waals surface area contributed by atoms with Gasteiger partial charge in [-0.05, 0) is 24.1 Å². The zero-order valence-corrected chi connectivity index (χ0v) is 10.3. The molecule has 18 heavy (non-hydrogen) atoms. The van der Waals surface area contributed by atoms with Crippen LogP contribution in [0.4, 0.5) is 5.69 Å². The first-order valence-electron chi connectivity index (χ1n) is 6.37. The Kier molecular flexibility index (Phi) is 3.09. The molecule has 2 nitrogen and oxygen atoms in total. The van der Waals surface area contributed by atoms with Crippen molar-refractivity contribution < 1.29 is 0 Å². The quantitative estimate of drug-likeness (QED) is 0.764. The number of allylic oxidation sites excluding steroid dienone is 6. The van der Waals surface area contributed by atoms with E-state index in [4.69, 9.17) is 5.10 Å². The second-order valence-corrected chi connectivity index (χ2v) is 4.44. The smallest absolute Gasteiger partial charge is 0.0700 e. The van der Waals surface area contributed by atoms with Crippen LogP contribution in [0.2, 0.25) is 0 Å². The summed E-state index contributed by atoms with van der Waals surface area (Å²) < 4.78 is 0. The van der Waals surface area contributed by atoms with Crippen molar-refractivity contribution in [2.75, 3.05) is 11.6 Å². The van der Waals surface area contributed by atoms with Crippen LogP contribution in [0.1, 0.15) is 12.8 Å². The summed E-state index contributed by atoms with van der Waals surface area (Å²) in [6, 6.07) is 10.3. The summed E-state index contributed by atoms with van der Waals surface area (Å²) >= 11 is 0. The van der Waals surface area contributed by atoms with Crippen LogP contribution in [0.5, 0.6) is 0 Å². The number of benzene rings is 1. The Bertz CT molecular complexity index is 535. The number of hydrogen-bond acceptors (Lipinski definition) is 2. The number of hydrazone groups is 1. The minimum Gasteiger partial charge on any atom is -0.265 e. The van der Waals surface area contributed by atoms with Gasteiger partial charge in [-0.1, -0.05) is 48.6 Å². The third kappa shape index (κ3) is 2.28. The van der Waals surface area contributed by atoms with Crippen molar-refractivity contribution >= 4 is 11.4 Å². The largest absolute Gasteiger partial charge is 0.265 e. The predicted octanol–water partition coefficient (Wildman–Crippen LogP) is 3.70. The fraction of sp³-hybridized carbons (Fsp3) is 0.188. The second-order valence-electron chi connectivity index (χ2n) is 4.44. The molecule has 1 aliphatic carbocycles. The second kappa shape index (κ2) is 5.05. The molecule has 0 aromatic heterocycles. The van der Waals surface area contributed by atoms with Gasteiger partial charge in [-0.3, -0.25) is 5.01 Å². The van der Waals surface area contributed by atoms with E-state index in [2.05, 4.69) is 59.7 Å². The number of para-hydroxylation sites is 1. The number of hydrogen-bond donors (Lipinski definition) is 0. The highest BCUT2D eigenvalue weighted by Gasteiger charge is 2.17. The molecule has 1 heterocycles. The molecule has 0 bridgehead atoms. The van der Waals surface area contributed by atoms with Crippen LogP contribution in [0.15, 0.2) is 71.4 Å². The van der Waals surface area contributed by atoms with Gasteiger partial charge >= 0.3 is 0 Å². The first-order valence-corrected chi connectivity index (χ1v) is 6.37. The molecule has 0 radical (unpaired) electrons. The van der Waals surface area contributed by atoms with Gasteiger partial charge in [-0.15, -0.1) is 0 Å². The lowest BCUT2D eigenvalue weighted by molar-refractivity contribution is 0.922. The molecule has 1 aliphatic heterocycles. The molecule has 0 saturated heterocycles. The van der Waals surface area contributed by atoms with Crippen molar-refractivity contribution in [1.29, 1.82) is 0 Å². The fourth-order valence-corrected chi connectivity index (χ4v) is 2.22. The molecule has 0 N–H and O–H groups in total. The monoisotopic (exact) mass is 236 g/mol. The van der Waals surface area contributed by atoms with E-state index in [-0.39, 0.29) is 0 Å². The van der Waals surface area contributed by atoms with E-state index in [0.29, 0.717) is 0 Å². The molecule has 0 atom stereocenters. The van der Waals surface area contributed by atoms with Gasteiger partial charge in [0.25, 0.3) is 0 Å². The van der Waals surface area contributed by atoms with Gasteiger partial charge in [0.05, 0.1) is 11.4 Å². The van der Waals surface area contributed by atoms with Crippen molar-refractivity contribution in [1.82, 2.24) is 0 Å².